The molecule has 0 N–H and O–H groups in total. The fraction of sp³-hybridized carbons (Fsp3) is 0.960. The molecule has 0 amide bonds. The van der Waals surface area contributed by atoms with Gasteiger partial charge in [0.1, 0.15) is 5.78 Å². The molecular weight excluding hydrogens is 360 g/mol. The van der Waals surface area contributed by atoms with Crippen LogP contribution in [0.1, 0.15) is 92.4 Å². The van der Waals surface area contributed by atoms with Crippen molar-refractivity contribution in [3.8, 4) is 0 Å². The quantitative estimate of drug-likeness (QED) is 0.464. The topological polar surface area (TPSA) is 26.3 Å². The molecule has 0 aromatic heterocycles. The first kappa shape index (κ1) is 21.1. The van der Waals surface area contributed by atoms with Gasteiger partial charge in [-0.3, -0.25) is 4.79 Å². The van der Waals surface area contributed by atoms with Crippen molar-refractivity contribution in [3.63, 3.8) is 0 Å². The Hall–Kier alpha value is -0.153. The van der Waals surface area contributed by atoms with Gasteiger partial charge in [-0.05, 0) is 97.6 Å². The van der Waals surface area contributed by atoms with Gasteiger partial charge in [0.15, 0.2) is 8.32 Å². The van der Waals surface area contributed by atoms with Gasteiger partial charge in [0, 0.05) is 12.8 Å². The first-order valence-electron chi connectivity index (χ1n) is 12.1. The van der Waals surface area contributed by atoms with Gasteiger partial charge < -0.3 is 4.43 Å². The van der Waals surface area contributed by atoms with Crippen molar-refractivity contribution in [3.05, 3.63) is 0 Å². The minimum Gasteiger partial charge on any atom is -0.413 e. The summed E-state index contributed by atoms with van der Waals surface area (Å²) >= 11 is 0. The number of hydrogen-bond donors (Lipinski definition) is 0. The van der Waals surface area contributed by atoms with Crippen LogP contribution in [0.2, 0.25) is 18.1 Å². The first-order chi connectivity index (χ1) is 12.9. The number of carbonyl (C=O) groups is 1. The largest absolute Gasteiger partial charge is 0.413 e. The van der Waals surface area contributed by atoms with E-state index in [4.69, 9.17) is 4.43 Å². The van der Waals surface area contributed by atoms with Crippen LogP contribution in [0.5, 0.6) is 0 Å². The number of Topliss-reactive ketones (excluding diaryl/α,β-unsaturated/α-hetero) is 1. The molecule has 0 spiro atoms. The maximum absolute atomic E-state index is 12.1. The molecule has 4 aliphatic rings. The highest BCUT2D eigenvalue weighted by Crippen LogP contribution is 2.66. The highest BCUT2D eigenvalue weighted by atomic mass is 28.4. The summed E-state index contributed by atoms with van der Waals surface area (Å²) in [5, 5.41) is 0.290. The number of carbonyl (C=O) groups excluding carboxylic acids is 1. The van der Waals surface area contributed by atoms with Crippen molar-refractivity contribution in [2.75, 3.05) is 0 Å². The molecule has 3 heteroatoms. The average molecular weight is 405 g/mol. The molecule has 2 nitrogen and oxygen atoms in total. The molecule has 4 fully saturated rings. The maximum atomic E-state index is 12.1. The van der Waals surface area contributed by atoms with Crippen molar-refractivity contribution in [2.24, 2.45) is 34.5 Å². The normalized spacial score (nSPS) is 46.7. The van der Waals surface area contributed by atoms with Crippen LogP contribution in [0.3, 0.4) is 0 Å². The smallest absolute Gasteiger partial charge is 0.192 e. The third-order valence-corrected chi connectivity index (χ3v) is 15.1. The van der Waals surface area contributed by atoms with Crippen molar-refractivity contribution >= 4 is 14.1 Å². The molecule has 0 aliphatic heterocycles. The van der Waals surface area contributed by atoms with E-state index in [0.29, 0.717) is 33.7 Å². The summed E-state index contributed by atoms with van der Waals surface area (Å²) in [6.07, 6.45) is 11.4. The Morgan fingerprint density at radius 1 is 0.929 bits per heavy atom. The van der Waals surface area contributed by atoms with E-state index in [2.05, 4.69) is 47.7 Å². The van der Waals surface area contributed by atoms with Crippen LogP contribution in [0.4, 0.5) is 0 Å². The first-order valence-corrected chi connectivity index (χ1v) is 15.0. The summed E-state index contributed by atoms with van der Waals surface area (Å²) in [4.78, 5) is 12.1. The maximum Gasteiger partial charge on any atom is 0.192 e. The zero-order valence-corrected chi connectivity index (χ0v) is 20.6. The lowest BCUT2D eigenvalue weighted by Gasteiger charge is -2.60. The average Bonchev–Trinajstić information content (AvgIpc) is 2.91. The predicted octanol–water partition coefficient (Wildman–Crippen LogP) is 6.99. The fourth-order valence-electron chi connectivity index (χ4n) is 7.72. The molecule has 7 atom stereocenters. The third kappa shape index (κ3) is 3.09. The lowest BCUT2D eigenvalue weighted by Crippen LogP contribution is -2.55. The highest BCUT2D eigenvalue weighted by Gasteiger charge is 2.61. The Morgan fingerprint density at radius 3 is 2.29 bits per heavy atom. The Kier molecular flexibility index (Phi) is 5.03. The van der Waals surface area contributed by atoms with E-state index < -0.39 is 8.32 Å². The van der Waals surface area contributed by atoms with E-state index >= 15 is 0 Å². The van der Waals surface area contributed by atoms with E-state index in [-0.39, 0.29) is 0 Å². The summed E-state index contributed by atoms with van der Waals surface area (Å²) < 4.78 is 7.06. The van der Waals surface area contributed by atoms with Crippen LogP contribution < -0.4 is 0 Å². The van der Waals surface area contributed by atoms with Crippen LogP contribution in [0, 0.1) is 34.5 Å². The molecule has 4 rings (SSSR count). The van der Waals surface area contributed by atoms with Gasteiger partial charge in [0.2, 0.25) is 0 Å². The Balaban J connectivity index is 1.55. The summed E-state index contributed by atoms with van der Waals surface area (Å²) in [5.74, 6) is 3.77. The standard InChI is InChI=1S/C25H44O2Si/c1-23(2,3)28(6,7)27-22-11-10-20-19-9-8-17-16-18(26)12-14-24(17,4)21(19)13-15-25(20,22)5/h17,19-22H,8-16H2,1-7H3/t17-,19+,20-,21-,22+,24+,25+/m1/s1. The third-order valence-electron chi connectivity index (χ3n) is 10.6. The Morgan fingerprint density at radius 2 is 1.61 bits per heavy atom. The lowest BCUT2D eigenvalue weighted by atomic mass is 9.45. The van der Waals surface area contributed by atoms with Gasteiger partial charge in [0.25, 0.3) is 0 Å². The second kappa shape index (κ2) is 6.67. The van der Waals surface area contributed by atoms with Gasteiger partial charge in [-0.15, -0.1) is 0 Å². The lowest BCUT2D eigenvalue weighted by molar-refractivity contribution is -0.141. The minimum atomic E-state index is -1.72. The molecule has 4 aliphatic carbocycles. The number of rotatable bonds is 2. The zero-order valence-electron chi connectivity index (χ0n) is 19.6. The summed E-state index contributed by atoms with van der Waals surface area (Å²) in [5.41, 5.74) is 0.806. The van der Waals surface area contributed by atoms with Crippen LogP contribution in [-0.4, -0.2) is 20.2 Å². The second-order valence-corrected chi connectivity index (χ2v) is 17.6. The van der Waals surface area contributed by atoms with E-state index in [0.717, 1.165) is 37.0 Å². The van der Waals surface area contributed by atoms with Crippen molar-refractivity contribution in [1.82, 2.24) is 0 Å². The molecule has 28 heavy (non-hydrogen) atoms. The summed E-state index contributed by atoms with van der Waals surface area (Å²) in [6.45, 7) is 17.1. The molecule has 0 bridgehead atoms. The zero-order chi connectivity index (χ0) is 20.5. The Labute approximate surface area is 174 Å². The van der Waals surface area contributed by atoms with Crippen molar-refractivity contribution in [2.45, 2.75) is 117 Å². The van der Waals surface area contributed by atoms with E-state index in [9.17, 15) is 4.79 Å². The Bertz CT molecular complexity index is 635. The minimum absolute atomic E-state index is 0.290. The molecule has 0 heterocycles. The van der Waals surface area contributed by atoms with E-state index in [1.165, 1.54) is 38.5 Å². The summed E-state index contributed by atoms with van der Waals surface area (Å²) in [6, 6.07) is 0. The van der Waals surface area contributed by atoms with Gasteiger partial charge >= 0.3 is 0 Å². The number of ketones is 1. The van der Waals surface area contributed by atoms with E-state index in [1.807, 2.05) is 0 Å². The molecule has 0 radical (unpaired) electrons. The molecular formula is C25H44O2Si. The van der Waals surface area contributed by atoms with E-state index in [1.54, 1.807) is 0 Å². The van der Waals surface area contributed by atoms with Gasteiger partial charge in [-0.2, -0.15) is 0 Å². The van der Waals surface area contributed by atoms with Crippen LogP contribution in [-0.2, 0) is 9.22 Å². The molecule has 0 aromatic carbocycles. The molecule has 4 saturated carbocycles. The van der Waals surface area contributed by atoms with Gasteiger partial charge in [-0.25, -0.2) is 0 Å². The van der Waals surface area contributed by atoms with Crippen LogP contribution in [0.15, 0.2) is 0 Å². The summed E-state index contributed by atoms with van der Waals surface area (Å²) in [7, 11) is -1.72. The van der Waals surface area contributed by atoms with Gasteiger partial charge in [0.05, 0.1) is 6.10 Å². The highest BCUT2D eigenvalue weighted by molar-refractivity contribution is 6.74. The molecule has 0 saturated heterocycles. The number of hydrogen-bond acceptors (Lipinski definition) is 2. The molecule has 0 aromatic rings. The second-order valence-electron chi connectivity index (χ2n) is 12.9. The van der Waals surface area contributed by atoms with Crippen molar-refractivity contribution < 1.29 is 9.22 Å². The predicted molar refractivity (Wildman–Crippen MR) is 119 cm³/mol. The SMILES string of the molecule is CC(C)(C)[Si](C)(C)O[C@H]1CC[C@@H]2[C@@H]3CC[C@@H]4CC(=O)CC[C@]4(C)[C@@H]3CC[C@]12C. The monoisotopic (exact) mass is 404 g/mol. The molecule has 0 unspecified atom stereocenters. The fourth-order valence-corrected chi connectivity index (χ4v) is 9.18. The molecule has 160 valence electrons. The number of fused-ring (bicyclic) bond motifs is 5. The van der Waals surface area contributed by atoms with Crippen LogP contribution >= 0.6 is 0 Å². The van der Waals surface area contributed by atoms with Gasteiger partial charge in [-0.1, -0.05) is 34.6 Å². The van der Waals surface area contributed by atoms with Crippen molar-refractivity contribution in [1.29, 1.82) is 0 Å². The van der Waals surface area contributed by atoms with Crippen LogP contribution in [0.25, 0.3) is 0 Å².